The second-order valence-corrected chi connectivity index (χ2v) is 7.86. The molecule has 29 heavy (non-hydrogen) atoms. The second-order valence-electron chi connectivity index (χ2n) is 7.86. The molecule has 1 saturated heterocycles. The van der Waals surface area contributed by atoms with E-state index in [2.05, 4.69) is 5.16 Å². The summed E-state index contributed by atoms with van der Waals surface area (Å²) in [6.45, 7) is 3.34. The van der Waals surface area contributed by atoms with Crippen LogP contribution in [0.25, 0.3) is 0 Å². The van der Waals surface area contributed by atoms with Crippen molar-refractivity contribution in [3.05, 3.63) is 41.2 Å². The average Bonchev–Trinajstić information content (AvgIpc) is 3.20. The molecular weight excluding hydrogens is 372 g/mol. The Hall–Kier alpha value is -2.83. The number of nitrogens with zero attached hydrogens (tertiary/aromatic N) is 2. The lowest BCUT2D eigenvalue weighted by molar-refractivity contribution is -0.133. The van der Waals surface area contributed by atoms with Gasteiger partial charge in [0.25, 0.3) is 5.88 Å². The smallest absolute Gasteiger partial charge is 0.254 e. The Morgan fingerprint density at radius 2 is 2.21 bits per heavy atom. The number of hydrogen-bond acceptors (Lipinski definition) is 6. The topological polar surface area (TPSA) is 81.9 Å². The van der Waals surface area contributed by atoms with E-state index in [1.54, 1.807) is 6.07 Å². The van der Waals surface area contributed by atoms with Crippen molar-refractivity contribution in [1.29, 1.82) is 0 Å². The molecular formula is C22H26N2O5. The number of carbonyl (C=O) groups excluding carboxylic acids is 2. The number of aryl methyl sites for hydroxylation is 2. The lowest BCUT2D eigenvalue weighted by atomic mass is 9.86. The largest absolute Gasteiger partial charge is 0.489 e. The van der Waals surface area contributed by atoms with Gasteiger partial charge in [-0.05, 0) is 37.1 Å². The first kappa shape index (κ1) is 19.5. The molecule has 7 nitrogen and oxygen atoms in total. The number of methoxy groups -OCH3 is 1. The summed E-state index contributed by atoms with van der Waals surface area (Å²) in [5, 5.41) is 3.76. The monoisotopic (exact) mass is 398 g/mol. The number of fused-ring (bicyclic) bond motifs is 1. The Bertz CT molecular complexity index is 906. The van der Waals surface area contributed by atoms with Crippen LogP contribution in [0.15, 0.2) is 28.8 Å². The molecule has 0 radical (unpaired) electrons. The summed E-state index contributed by atoms with van der Waals surface area (Å²) in [4.78, 5) is 27.2. The van der Waals surface area contributed by atoms with Crippen LogP contribution in [-0.2, 0) is 11.2 Å². The summed E-state index contributed by atoms with van der Waals surface area (Å²) in [5.74, 6) is 2.10. The van der Waals surface area contributed by atoms with Gasteiger partial charge in [0.1, 0.15) is 17.6 Å². The average molecular weight is 398 g/mol. The number of ketones is 1. The number of rotatable bonds is 5. The predicted molar refractivity (Wildman–Crippen MR) is 105 cm³/mol. The van der Waals surface area contributed by atoms with Crippen molar-refractivity contribution in [2.24, 2.45) is 5.92 Å². The molecule has 1 amide bonds. The number of hydrogen-bond donors (Lipinski definition) is 0. The first-order valence-electron chi connectivity index (χ1n) is 10.1. The van der Waals surface area contributed by atoms with Gasteiger partial charge < -0.3 is 18.9 Å². The fraction of sp³-hybridized carbons (Fsp3) is 0.500. The Morgan fingerprint density at radius 3 is 3.00 bits per heavy atom. The Labute approximate surface area is 169 Å². The second kappa shape index (κ2) is 8.27. The van der Waals surface area contributed by atoms with Crippen molar-refractivity contribution in [2.75, 3.05) is 20.2 Å². The predicted octanol–water partition coefficient (Wildman–Crippen LogP) is 3.20. The van der Waals surface area contributed by atoms with Crippen LogP contribution in [0.2, 0.25) is 0 Å². The van der Waals surface area contributed by atoms with Gasteiger partial charge in [0.15, 0.2) is 5.78 Å². The normalized spacial score (nSPS) is 21.4. The van der Waals surface area contributed by atoms with Crippen LogP contribution in [0.1, 0.15) is 47.4 Å². The molecule has 1 aromatic heterocycles. The van der Waals surface area contributed by atoms with Crippen molar-refractivity contribution in [1.82, 2.24) is 10.1 Å². The summed E-state index contributed by atoms with van der Waals surface area (Å²) >= 11 is 0. The molecule has 1 aromatic carbocycles. The zero-order valence-corrected chi connectivity index (χ0v) is 16.8. The van der Waals surface area contributed by atoms with Crippen LogP contribution >= 0.6 is 0 Å². The Kier molecular flexibility index (Phi) is 5.56. The minimum Gasteiger partial charge on any atom is -0.489 e. The Morgan fingerprint density at radius 1 is 1.34 bits per heavy atom. The van der Waals surface area contributed by atoms with Gasteiger partial charge in [0, 0.05) is 44.3 Å². The SMILES string of the molecule is COc1cc(CCC(=O)N2CCCC(C3CC(=O)c4cc(C)ccc4O3)C2)on1. The fourth-order valence-corrected chi connectivity index (χ4v) is 4.16. The molecule has 0 aliphatic carbocycles. The van der Waals surface area contributed by atoms with Gasteiger partial charge in [0.2, 0.25) is 5.91 Å². The van der Waals surface area contributed by atoms with Crippen LogP contribution in [0.5, 0.6) is 11.6 Å². The van der Waals surface area contributed by atoms with Crippen LogP contribution in [-0.4, -0.2) is 48.1 Å². The molecule has 4 rings (SSSR count). The molecule has 3 heterocycles. The van der Waals surface area contributed by atoms with Gasteiger partial charge in [-0.25, -0.2) is 0 Å². The highest BCUT2D eigenvalue weighted by Crippen LogP contribution is 2.34. The van der Waals surface area contributed by atoms with Gasteiger partial charge in [0.05, 0.1) is 12.7 Å². The van der Waals surface area contributed by atoms with Gasteiger partial charge in [-0.1, -0.05) is 11.6 Å². The number of piperidine rings is 1. The minimum atomic E-state index is -0.174. The third-order valence-corrected chi connectivity index (χ3v) is 5.77. The van der Waals surface area contributed by atoms with Crippen LogP contribution in [0.3, 0.4) is 0 Å². The summed E-state index contributed by atoms with van der Waals surface area (Å²) in [6.07, 6.45) is 2.93. The maximum atomic E-state index is 12.7. The highest BCUT2D eigenvalue weighted by Gasteiger charge is 2.35. The van der Waals surface area contributed by atoms with E-state index in [1.165, 1.54) is 7.11 Å². The molecule has 1 fully saturated rings. The third-order valence-electron chi connectivity index (χ3n) is 5.77. The van der Waals surface area contributed by atoms with E-state index >= 15 is 0 Å². The maximum Gasteiger partial charge on any atom is 0.254 e. The molecule has 0 N–H and O–H groups in total. The van der Waals surface area contributed by atoms with Crippen LogP contribution in [0.4, 0.5) is 0 Å². The van der Waals surface area contributed by atoms with Crippen molar-refractivity contribution in [3.8, 4) is 11.6 Å². The zero-order chi connectivity index (χ0) is 20.4. The Balaban J connectivity index is 1.36. The van der Waals surface area contributed by atoms with E-state index in [4.69, 9.17) is 14.0 Å². The van der Waals surface area contributed by atoms with E-state index in [9.17, 15) is 9.59 Å². The molecule has 2 aliphatic rings. The number of carbonyl (C=O) groups is 2. The number of likely N-dealkylation sites (tertiary alicyclic amines) is 1. The van der Waals surface area contributed by atoms with Crippen molar-refractivity contribution in [2.45, 2.75) is 45.1 Å². The number of benzene rings is 1. The van der Waals surface area contributed by atoms with Crippen LogP contribution < -0.4 is 9.47 Å². The molecule has 0 spiro atoms. The fourth-order valence-electron chi connectivity index (χ4n) is 4.16. The highest BCUT2D eigenvalue weighted by molar-refractivity contribution is 6.00. The van der Waals surface area contributed by atoms with Gasteiger partial charge >= 0.3 is 0 Å². The molecule has 0 saturated carbocycles. The molecule has 154 valence electrons. The van der Waals surface area contributed by atoms with Gasteiger partial charge in [-0.2, -0.15) is 0 Å². The minimum absolute atomic E-state index is 0.0863. The maximum absolute atomic E-state index is 12.7. The first-order chi connectivity index (χ1) is 14.0. The number of amides is 1. The summed E-state index contributed by atoms with van der Waals surface area (Å²) in [5.41, 5.74) is 1.73. The van der Waals surface area contributed by atoms with E-state index in [0.717, 1.165) is 24.9 Å². The summed E-state index contributed by atoms with van der Waals surface area (Å²) in [7, 11) is 1.53. The summed E-state index contributed by atoms with van der Waals surface area (Å²) < 4.78 is 16.3. The van der Waals surface area contributed by atoms with Crippen molar-refractivity contribution < 1.29 is 23.6 Å². The highest BCUT2D eigenvalue weighted by atomic mass is 16.5. The molecule has 2 unspecified atom stereocenters. The quantitative estimate of drug-likeness (QED) is 0.769. The molecule has 0 bridgehead atoms. The number of ether oxygens (including phenoxy) is 2. The number of aromatic nitrogens is 1. The van der Waals surface area contributed by atoms with E-state index in [-0.39, 0.29) is 23.7 Å². The number of Topliss-reactive ketones (excluding diaryl/α,β-unsaturated/α-hetero) is 1. The zero-order valence-electron chi connectivity index (χ0n) is 16.8. The van der Waals surface area contributed by atoms with Gasteiger partial charge in [-0.3, -0.25) is 9.59 Å². The third kappa shape index (κ3) is 4.28. The summed E-state index contributed by atoms with van der Waals surface area (Å²) in [6, 6.07) is 7.44. The first-order valence-corrected chi connectivity index (χ1v) is 10.1. The van der Waals surface area contributed by atoms with E-state index < -0.39 is 0 Å². The van der Waals surface area contributed by atoms with Crippen LogP contribution in [0, 0.1) is 12.8 Å². The molecule has 2 aliphatic heterocycles. The lowest BCUT2D eigenvalue weighted by Gasteiger charge is -2.38. The van der Waals surface area contributed by atoms with Crippen molar-refractivity contribution in [3.63, 3.8) is 0 Å². The van der Waals surface area contributed by atoms with E-state index in [0.29, 0.717) is 48.8 Å². The molecule has 2 atom stereocenters. The van der Waals surface area contributed by atoms with Crippen molar-refractivity contribution >= 4 is 11.7 Å². The van der Waals surface area contributed by atoms with Gasteiger partial charge in [-0.15, -0.1) is 0 Å². The standard InChI is InChI=1S/C22H26N2O5/c1-14-5-7-19-17(10-14)18(25)12-20(28-19)15-4-3-9-24(13-15)22(26)8-6-16-11-21(27-2)23-29-16/h5,7,10-11,15,20H,3-4,6,8-9,12-13H2,1-2H3. The molecule has 7 heteroatoms. The van der Waals surface area contributed by atoms with E-state index in [1.807, 2.05) is 30.0 Å². The molecule has 2 aromatic rings. The lowest BCUT2D eigenvalue weighted by Crippen LogP contribution is -2.46.